The lowest BCUT2D eigenvalue weighted by atomic mass is 9.98. The Morgan fingerprint density at radius 3 is 2.25 bits per heavy atom. The molecule has 2 aliphatic heterocycles. The van der Waals surface area contributed by atoms with Crippen LogP contribution in [-0.2, 0) is 6.42 Å². The van der Waals surface area contributed by atoms with E-state index in [4.69, 9.17) is 0 Å². The van der Waals surface area contributed by atoms with Gasteiger partial charge in [-0.2, -0.15) is 0 Å². The average molecular weight is 317 g/mol. The van der Waals surface area contributed by atoms with Crippen molar-refractivity contribution in [2.75, 3.05) is 13.6 Å². The largest absolute Gasteiger partial charge is 0.314 e. The summed E-state index contributed by atoms with van der Waals surface area (Å²) in [6, 6.07) is 13.2. The normalized spacial score (nSPS) is 28.6. The predicted molar refractivity (Wildman–Crippen MR) is 90.2 cm³/mol. The molecule has 1 N–H and O–H groups in total. The Bertz CT molecular complexity index is 371. The number of halogens is 2. The molecule has 1 aromatic carbocycles. The number of piperidine rings is 1. The standard InChI is InChI=1S/C16H24N2.2ClH/c1-18-15-7-8-16(18)12-14(11-15)17-10-9-13-5-3-2-4-6-13;;/h2-6,14-17H,7-12H2,1H3;2*1H/t14?,15-,16+;;. The number of hydrogen-bond donors (Lipinski definition) is 1. The van der Waals surface area contributed by atoms with Crippen molar-refractivity contribution in [3.05, 3.63) is 35.9 Å². The molecule has 0 spiro atoms. The maximum atomic E-state index is 3.76. The van der Waals surface area contributed by atoms with E-state index >= 15 is 0 Å². The molecule has 0 amide bonds. The van der Waals surface area contributed by atoms with Gasteiger partial charge in [-0.3, -0.25) is 0 Å². The van der Waals surface area contributed by atoms with Gasteiger partial charge in [0.25, 0.3) is 0 Å². The van der Waals surface area contributed by atoms with Crippen LogP contribution in [0.25, 0.3) is 0 Å². The van der Waals surface area contributed by atoms with Gasteiger partial charge in [0, 0.05) is 18.1 Å². The molecule has 2 heterocycles. The van der Waals surface area contributed by atoms with Gasteiger partial charge in [-0.1, -0.05) is 30.3 Å². The molecule has 2 bridgehead atoms. The van der Waals surface area contributed by atoms with Gasteiger partial charge < -0.3 is 10.2 Å². The molecule has 0 aromatic heterocycles. The molecule has 4 heteroatoms. The third-order valence-corrected chi connectivity index (χ3v) is 4.79. The molecular formula is C16H26Cl2N2. The van der Waals surface area contributed by atoms with E-state index in [2.05, 4.69) is 47.6 Å². The summed E-state index contributed by atoms with van der Waals surface area (Å²) in [4.78, 5) is 2.61. The summed E-state index contributed by atoms with van der Waals surface area (Å²) in [5.74, 6) is 0. The topological polar surface area (TPSA) is 15.3 Å². The second kappa shape index (κ2) is 8.23. The van der Waals surface area contributed by atoms with Gasteiger partial charge in [0.05, 0.1) is 0 Å². The van der Waals surface area contributed by atoms with Gasteiger partial charge in [0.15, 0.2) is 0 Å². The summed E-state index contributed by atoms with van der Waals surface area (Å²) < 4.78 is 0. The van der Waals surface area contributed by atoms with E-state index in [0.29, 0.717) is 0 Å². The van der Waals surface area contributed by atoms with Crippen molar-refractivity contribution in [2.24, 2.45) is 0 Å². The van der Waals surface area contributed by atoms with E-state index in [1.807, 2.05) is 0 Å². The highest BCUT2D eigenvalue weighted by Gasteiger charge is 2.37. The van der Waals surface area contributed by atoms with Crippen LogP contribution >= 0.6 is 24.8 Å². The highest BCUT2D eigenvalue weighted by molar-refractivity contribution is 5.85. The first-order chi connectivity index (χ1) is 8.83. The fraction of sp³-hybridized carbons (Fsp3) is 0.625. The molecule has 20 heavy (non-hydrogen) atoms. The van der Waals surface area contributed by atoms with Crippen molar-refractivity contribution in [1.82, 2.24) is 10.2 Å². The molecule has 2 nitrogen and oxygen atoms in total. The van der Waals surface area contributed by atoms with Crippen molar-refractivity contribution < 1.29 is 0 Å². The van der Waals surface area contributed by atoms with E-state index in [1.165, 1.54) is 31.2 Å². The summed E-state index contributed by atoms with van der Waals surface area (Å²) in [6.07, 6.45) is 6.68. The van der Waals surface area contributed by atoms with Crippen LogP contribution in [0, 0.1) is 0 Å². The number of fused-ring (bicyclic) bond motifs is 2. The van der Waals surface area contributed by atoms with Crippen LogP contribution in [-0.4, -0.2) is 36.6 Å². The van der Waals surface area contributed by atoms with Crippen LogP contribution in [0.3, 0.4) is 0 Å². The second-order valence-electron chi connectivity index (χ2n) is 5.91. The van der Waals surface area contributed by atoms with Crippen LogP contribution in [0.5, 0.6) is 0 Å². The molecule has 0 saturated carbocycles. The van der Waals surface area contributed by atoms with Crippen molar-refractivity contribution >= 4 is 24.8 Å². The third-order valence-electron chi connectivity index (χ3n) is 4.79. The van der Waals surface area contributed by atoms with E-state index < -0.39 is 0 Å². The van der Waals surface area contributed by atoms with E-state index in [9.17, 15) is 0 Å². The maximum absolute atomic E-state index is 3.76. The molecule has 3 atom stereocenters. The van der Waals surface area contributed by atoms with Crippen LogP contribution in [0.1, 0.15) is 31.2 Å². The van der Waals surface area contributed by atoms with Gasteiger partial charge in [0.2, 0.25) is 0 Å². The zero-order valence-electron chi connectivity index (χ0n) is 12.1. The molecular weight excluding hydrogens is 291 g/mol. The Morgan fingerprint density at radius 1 is 1.05 bits per heavy atom. The Hall–Kier alpha value is -0.280. The summed E-state index contributed by atoms with van der Waals surface area (Å²) in [5.41, 5.74) is 1.45. The lowest BCUT2D eigenvalue weighted by Gasteiger charge is -2.36. The molecule has 1 aromatic rings. The van der Waals surface area contributed by atoms with Crippen molar-refractivity contribution in [2.45, 2.75) is 50.2 Å². The Kier molecular flexibility index (Phi) is 7.32. The predicted octanol–water partition coefficient (Wildman–Crippen LogP) is 3.29. The lowest BCUT2D eigenvalue weighted by molar-refractivity contribution is 0.149. The summed E-state index contributed by atoms with van der Waals surface area (Å²) in [6.45, 7) is 1.12. The summed E-state index contributed by atoms with van der Waals surface area (Å²) in [7, 11) is 2.31. The van der Waals surface area contributed by atoms with E-state index in [-0.39, 0.29) is 24.8 Å². The first-order valence-corrected chi connectivity index (χ1v) is 7.32. The minimum atomic E-state index is 0. The maximum Gasteiger partial charge on any atom is 0.0111 e. The fourth-order valence-electron chi connectivity index (χ4n) is 3.64. The highest BCUT2D eigenvalue weighted by Crippen LogP contribution is 2.34. The first-order valence-electron chi connectivity index (χ1n) is 7.32. The second-order valence-corrected chi connectivity index (χ2v) is 5.91. The molecule has 0 radical (unpaired) electrons. The Balaban J connectivity index is 0.000001000. The molecule has 114 valence electrons. The number of rotatable bonds is 4. The third kappa shape index (κ3) is 4.11. The fourth-order valence-corrected chi connectivity index (χ4v) is 3.64. The van der Waals surface area contributed by atoms with Crippen molar-refractivity contribution in [3.63, 3.8) is 0 Å². The average Bonchev–Trinajstić information content (AvgIpc) is 2.64. The summed E-state index contributed by atoms with van der Waals surface area (Å²) >= 11 is 0. The zero-order valence-corrected chi connectivity index (χ0v) is 13.8. The lowest BCUT2D eigenvalue weighted by Crippen LogP contribution is -2.47. The Morgan fingerprint density at radius 2 is 1.65 bits per heavy atom. The number of hydrogen-bond acceptors (Lipinski definition) is 2. The number of nitrogens with zero attached hydrogens (tertiary/aromatic N) is 1. The quantitative estimate of drug-likeness (QED) is 0.917. The SMILES string of the molecule is CN1[C@@H]2CC[C@H]1CC(NCCc1ccccc1)C2.Cl.Cl. The Labute approximate surface area is 135 Å². The molecule has 1 unspecified atom stereocenters. The van der Waals surface area contributed by atoms with E-state index in [0.717, 1.165) is 31.1 Å². The van der Waals surface area contributed by atoms with Crippen LogP contribution in [0.15, 0.2) is 30.3 Å². The number of nitrogens with one attached hydrogen (secondary N) is 1. The van der Waals surface area contributed by atoms with Crippen LogP contribution < -0.4 is 5.32 Å². The zero-order chi connectivity index (χ0) is 12.4. The first kappa shape index (κ1) is 17.8. The minimum Gasteiger partial charge on any atom is -0.314 e. The van der Waals surface area contributed by atoms with Gasteiger partial charge in [0.1, 0.15) is 0 Å². The van der Waals surface area contributed by atoms with Crippen LogP contribution in [0.4, 0.5) is 0 Å². The van der Waals surface area contributed by atoms with Gasteiger partial charge >= 0.3 is 0 Å². The van der Waals surface area contributed by atoms with Gasteiger partial charge in [-0.25, -0.2) is 0 Å². The number of benzene rings is 1. The van der Waals surface area contributed by atoms with E-state index in [1.54, 1.807) is 0 Å². The molecule has 2 aliphatic rings. The smallest absolute Gasteiger partial charge is 0.0111 e. The summed E-state index contributed by atoms with van der Waals surface area (Å²) in [5, 5.41) is 3.76. The molecule has 2 fully saturated rings. The monoisotopic (exact) mass is 316 g/mol. The molecule has 0 aliphatic carbocycles. The van der Waals surface area contributed by atoms with Gasteiger partial charge in [-0.15, -0.1) is 24.8 Å². The molecule has 3 rings (SSSR count). The van der Waals surface area contributed by atoms with Crippen molar-refractivity contribution in [3.8, 4) is 0 Å². The van der Waals surface area contributed by atoms with Gasteiger partial charge in [-0.05, 0) is 51.3 Å². The highest BCUT2D eigenvalue weighted by atomic mass is 35.5. The minimum absolute atomic E-state index is 0. The van der Waals surface area contributed by atoms with Crippen molar-refractivity contribution in [1.29, 1.82) is 0 Å². The van der Waals surface area contributed by atoms with Crippen LogP contribution in [0.2, 0.25) is 0 Å². The molecule has 2 saturated heterocycles.